The zero-order chi connectivity index (χ0) is 11.7. The van der Waals surface area contributed by atoms with E-state index in [1.54, 1.807) is 0 Å². The third-order valence-electron chi connectivity index (χ3n) is 1.36. The van der Waals surface area contributed by atoms with E-state index in [1.165, 1.54) is 0 Å². The van der Waals surface area contributed by atoms with E-state index in [4.69, 9.17) is 0 Å². The summed E-state index contributed by atoms with van der Waals surface area (Å²) in [6.45, 7) is -5.26. The highest BCUT2D eigenvalue weighted by molar-refractivity contribution is 6.73. The minimum Gasteiger partial charge on any atom is -0.445 e. The smallest absolute Gasteiger partial charge is 0.445 e. The van der Waals surface area contributed by atoms with Crippen molar-refractivity contribution in [2.45, 2.75) is 6.36 Å². The van der Waals surface area contributed by atoms with E-state index in [-0.39, 0.29) is 0 Å². The summed E-state index contributed by atoms with van der Waals surface area (Å²) < 4.78 is 74.1. The van der Waals surface area contributed by atoms with Crippen LogP contribution in [-0.4, -0.2) is 18.3 Å². The van der Waals surface area contributed by atoms with Crippen molar-refractivity contribution < 1.29 is 30.9 Å². The maximum Gasteiger partial charge on any atom is 0.574 e. The number of rotatable bonds is 2. The van der Waals surface area contributed by atoms with Crippen molar-refractivity contribution in [3.8, 4) is 5.88 Å². The lowest BCUT2D eigenvalue weighted by Crippen LogP contribution is -2.34. The third-order valence-corrected chi connectivity index (χ3v) is 1.36. The minimum absolute atomic E-state index is 0.293. The Morgan fingerprint density at radius 2 is 1.73 bits per heavy atom. The molecule has 0 N–H and O–H groups in total. The lowest BCUT2D eigenvalue weighted by atomic mass is 9.82. The van der Waals surface area contributed by atoms with E-state index in [1.807, 2.05) is 0 Å². The van der Waals surface area contributed by atoms with Crippen molar-refractivity contribution in [2.24, 2.45) is 0 Å². The fourth-order valence-corrected chi connectivity index (χ4v) is 0.764. The highest BCUT2D eigenvalue weighted by Crippen LogP contribution is 2.20. The average molecular weight is 230 g/mol. The zero-order valence-electron chi connectivity index (χ0n) is 6.93. The Balaban J connectivity index is 2.82. The van der Waals surface area contributed by atoms with Gasteiger partial charge in [0.25, 0.3) is 0 Å². The summed E-state index contributed by atoms with van der Waals surface area (Å²) in [5.74, 6) is -0.925. The zero-order valence-corrected chi connectivity index (χ0v) is 6.93. The van der Waals surface area contributed by atoms with Crippen molar-refractivity contribution in [1.29, 1.82) is 0 Å². The molecule has 2 nitrogen and oxygen atoms in total. The summed E-state index contributed by atoms with van der Waals surface area (Å²) in [6, 6.07) is 0.992. The van der Waals surface area contributed by atoms with Crippen molar-refractivity contribution in [2.75, 3.05) is 0 Å². The van der Waals surface area contributed by atoms with Crippen molar-refractivity contribution >= 4 is 12.4 Å². The van der Waals surface area contributed by atoms with E-state index in [9.17, 15) is 26.1 Å². The van der Waals surface area contributed by atoms with Gasteiger partial charge < -0.3 is 17.7 Å². The molecule has 0 amide bonds. The molecule has 15 heavy (non-hydrogen) atoms. The molecule has 0 atom stereocenters. The largest absolute Gasteiger partial charge is 0.574 e. The van der Waals surface area contributed by atoms with Crippen molar-refractivity contribution in [3.05, 3.63) is 18.3 Å². The van der Waals surface area contributed by atoms with Gasteiger partial charge in [0, 0.05) is 6.20 Å². The number of nitrogens with zero attached hydrogens (tertiary/aromatic N) is 1. The molecule has 0 aromatic carbocycles. The lowest BCUT2D eigenvalue weighted by molar-refractivity contribution is -0.276. The van der Waals surface area contributed by atoms with Crippen LogP contribution in [0.15, 0.2) is 18.3 Å². The molecule has 1 heterocycles. The molecule has 9 heteroatoms. The first-order chi connectivity index (χ1) is 6.68. The summed E-state index contributed by atoms with van der Waals surface area (Å²) in [7, 11) is 0. The number of aromatic nitrogens is 1. The predicted octanol–water partition coefficient (Wildman–Crippen LogP) is 2.03. The SMILES string of the molecule is F[B-](F)(F)c1ccc(OC(F)(F)F)nc1. The van der Waals surface area contributed by atoms with E-state index < -0.39 is 24.7 Å². The van der Waals surface area contributed by atoms with Gasteiger partial charge in [-0.05, 0) is 6.07 Å². The first-order valence-electron chi connectivity index (χ1n) is 3.60. The van der Waals surface area contributed by atoms with E-state index >= 15 is 0 Å². The van der Waals surface area contributed by atoms with Gasteiger partial charge in [-0.3, -0.25) is 0 Å². The molecule has 0 aliphatic rings. The minimum atomic E-state index is -5.26. The van der Waals surface area contributed by atoms with Crippen molar-refractivity contribution in [3.63, 3.8) is 0 Å². The standard InChI is InChI=1S/C6H3BF6NO/c8-6(9,10)15-5-2-1-4(3-14-5)7(11,12)13/h1-3H/q-1. The van der Waals surface area contributed by atoms with Crippen LogP contribution in [0.25, 0.3) is 0 Å². The van der Waals surface area contributed by atoms with Gasteiger partial charge in [-0.1, -0.05) is 11.5 Å². The molecule has 0 spiro atoms. The van der Waals surface area contributed by atoms with Crippen LogP contribution < -0.4 is 10.2 Å². The molecule has 0 saturated heterocycles. The molecule has 1 aromatic rings. The molecule has 0 bridgehead atoms. The Morgan fingerprint density at radius 1 is 1.13 bits per heavy atom. The van der Waals surface area contributed by atoms with Gasteiger partial charge in [-0.15, -0.1) is 13.2 Å². The van der Waals surface area contributed by atoms with Crippen LogP contribution >= 0.6 is 0 Å². The number of alkyl halides is 3. The van der Waals surface area contributed by atoms with Crippen LogP contribution in [0.2, 0.25) is 0 Å². The van der Waals surface area contributed by atoms with E-state index in [2.05, 4.69) is 9.72 Å². The number of pyridine rings is 1. The normalized spacial score (nSPS) is 12.7. The highest BCUT2D eigenvalue weighted by atomic mass is 19.4. The first-order valence-corrected chi connectivity index (χ1v) is 3.60. The van der Waals surface area contributed by atoms with Crippen LogP contribution in [0.3, 0.4) is 0 Å². The molecule has 84 valence electrons. The van der Waals surface area contributed by atoms with Gasteiger partial charge >= 0.3 is 13.3 Å². The van der Waals surface area contributed by atoms with Crippen LogP contribution in [-0.2, 0) is 0 Å². The molecular formula is C6H3BF6NO-. The highest BCUT2D eigenvalue weighted by Gasteiger charge is 2.32. The Labute approximate surface area is 79.9 Å². The molecule has 0 unspecified atom stereocenters. The molecule has 0 aliphatic heterocycles. The van der Waals surface area contributed by atoms with Gasteiger partial charge in [-0.25, -0.2) is 4.98 Å². The Kier molecular flexibility index (Phi) is 2.82. The van der Waals surface area contributed by atoms with Gasteiger partial charge in [0.1, 0.15) is 0 Å². The quantitative estimate of drug-likeness (QED) is 0.572. The molecule has 1 aromatic heterocycles. The lowest BCUT2D eigenvalue weighted by Gasteiger charge is -2.14. The fraction of sp³-hybridized carbons (Fsp3) is 0.167. The third kappa shape index (κ3) is 3.68. The number of ether oxygens (including phenoxy) is 1. The Bertz CT molecular complexity index is 331. The maximum atomic E-state index is 12.0. The van der Waals surface area contributed by atoms with Gasteiger partial charge in [0.15, 0.2) is 0 Å². The first kappa shape index (κ1) is 11.7. The molecular weight excluding hydrogens is 227 g/mol. The summed E-state index contributed by atoms with van der Waals surface area (Å²) >= 11 is 0. The predicted molar refractivity (Wildman–Crippen MR) is 39.6 cm³/mol. The van der Waals surface area contributed by atoms with Crippen LogP contribution in [0.5, 0.6) is 5.88 Å². The monoisotopic (exact) mass is 230 g/mol. The fourth-order valence-electron chi connectivity index (χ4n) is 0.764. The van der Waals surface area contributed by atoms with Gasteiger partial charge in [0.05, 0.1) is 0 Å². The summed E-state index contributed by atoms with van der Waals surface area (Å²) in [6.07, 6.45) is -4.67. The van der Waals surface area contributed by atoms with Crippen LogP contribution in [0.4, 0.5) is 26.1 Å². The Hall–Kier alpha value is -1.41. The van der Waals surface area contributed by atoms with Crippen LogP contribution in [0, 0.1) is 0 Å². The summed E-state index contributed by atoms with van der Waals surface area (Å²) in [5, 5.41) is 0. The molecule has 1 rings (SSSR count). The average Bonchev–Trinajstić information content (AvgIpc) is 2.00. The maximum absolute atomic E-state index is 12.0. The topological polar surface area (TPSA) is 22.1 Å². The van der Waals surface area contributed by atoms with Crippen LogP contribution in [0.1, 0.15) is 0 Å². The van der Waals surface area contributed by atoms with Crippen molar-refractivity contribution in [1.82, 2.24) is 4.98 Å². The number of halogens is 6. The van der Waals surface area contributed by atoms with Gasteiger partial charge in [-0.2, -0.15) is 0 Å². The summed E-state index contributed by atoms with van der Waals surface area (Å²) in [5.41, 5.74) is -1.08. The second kappa shape index (κ2) is 3.63. The summed E-state index contributed by atoms with van der Waals surface area (Å²) in [4.78, 5) is 2.88. The Morgan fingerprint density at radius 3 is 2.07 bits per heavy atom. The molecule has 0 aliphatic carbocycles. The second-order valence-corrected chi connectivity index (χ2v) is 2.55. The number of hydrogen-bond donors (Lipinski definition) is 0. The van der Waals surface area contributed by atoms with E-state index in [0.717, 1.165) is 0 Å². The molecule has 0 saturated carbocycles. The van der Waals surface area contributed by atoms with E-state index in [0.29, 0.717) is 18.3 Å². The molecule has 0 fully saturated rings. The number of hydrogen-bond acceptors (Lipinski definition) is 2. The molecule has 0 radical (unpaired) electrons. The second-order valence-electron chi connectivity index (χ2n) is 2.55. The van der Waals surface area contributed by atoms with Gasteiger partial charge in [0.2, 0.25) is 5.88 Å².